The average molecular weight is 415 g/mol. The number of aromatic nitrogens is 1. The van der Waals surface area contributed by atoms with E-state index in [1.54, 1.807) is 23.6 Å². The Morgan fingerprint density at radius 2 is 2.00 bits per heavy atom. The summed E-state index contributed by atoms with van der Waals surface area (Å²) in [6, 6.07) is 13.7. The lowest BCUT2D eigenvalue weighted by molar-refractivity contribution is -0.138. The lowest BCUT2D eigenvalue weighted by Crippen LogP contribution is -2.42. The van der Waals surface area contributed by atoms with E-state index in [0.29, 0.717) is 5.56 Å². The lowest BCUT2D eigenvalue weighted by Gasteiger charge is -2.15. The zero-order valence-electron chi connectivity index (χ0n) is 14.8. The number of aliphatic carboxylic acids is 1. The van der Waals surface area contributed by atoms with E-state index < -0.39 is 22.0 Å². The van der Waals surface area contributed by atoms with Gasteiger partial charge in [-0.25, -0.2) is 13.1 Å². The van der Waals surface area contributed by atoms with Gasteiger partial charge < -0.3 is 10.1 Å². The SMILES string of the molecule is O=C(O)[C@@H](Cc1c[nH]c2ccccc12)NS(=O)(=O)Cc1ccc2sccc2c1. The van der Waals surface area contributed by atoms with Crippen LogP contribution in [-0.4, -0.2) is 30.5 Å². The predicted octanol–water partition coefficient (Wildman–Crippen LogP) is 3.50. The molecule has 0 fully saturated rings. The van der Waals surface area contributed by atoms with Crippen molar-refractivity contribution in [3.63, 3.8) is 0 Å². The molecule has 0 aliphatic rings. The van der Waals surface area contributed by atoms with Crippen LogP contribution >= 0.6 is 11.3 Å². The van der Waals surface area contributed by atoms with Crippen LogP contribution in [0.3, 0.4) is 0 Å². The topological polar surface area (TPSA) is 99.3 Å². The Morgan fingerprint density at radius 3 is 2.82 bits per heavy atom. The minimum Gasteiger partial charge on any atom is -0.480 e. The monoisotopic (exact) mass is 414 g/mol. The number of hydrogen-bond acceptors (Lipinski definition) is 4. The molecule has 0 bridgehead atoms. The van der Waals surface area contributed by atoms with Crippen LogP contribution in [0, 0.1) is 0 Å². The van der Waals surface area contributed by atoms with Gasteiger partial charge in [0.2, 0.25) is 10.0 Å². The van der Waals surface area contributed by atoms with Crippen LogP contribution in [-0.2, 0) is 27.0 Å². The average Bonchev–Trinajstić information content (AvgIpc) is 3.27. The molecular formula is C20H18N2O4S2. The van der Waals surface area contributed by atoms with Gasteiger partial charge in [0.1, 0.15) is 6.04 Å². The summed E-state index contributed by atoms with van der Waals surface area (Å²) in [6.45, 7) is 0. The van der Waals surface area contributed by atoms with Gasteiger partial charge in [0, 0.05) is 28.2 Å². The number of para-hydroxylation sites is 1. The minimum atomic E-state index is -3.82. The Labute approximate surface area is 165 Å². The van der Waals surface area contributed by atoms with Gasteiger partial charge in [-0.2, -0.15) is 0 Å². The summed E-state index contributed by atoms with van der Waals surface area (Å²) in [5.41, 5.74) is 2.26. The quantitative estimate of drug-likeness (QED) is 0.431. The van der Waals surface area contributed by atoms with E-state index in [4.69, 9.17) is 0 Å². The van der Waals surface area contributed by atoms with Crippen molar-refractivity contribution >= 4 is 48.3 Å². The van der Waals surface area contributed by atoms with Crippen molar-refractivity contribution in [1.29, 1.82) is 0 Å². The second-order valence-corrected chi connectivity index (χ2v) is 9.33. The summed E-state index contributed by atoms with van der Waals surface area (Å²) in [5.74, 6) is -1.47. The molecule has 3 N–H and O–H groups in total. The van der Waals surface area contributed by atoms with Gasteiger partial charge in [-0.3, -0.25) is 4.79 Å². The smallest absolute Gasteiger partial charge is 0.322 e. The fourth-order valence-electron chi connectivity index (χ4n) is 3.28. The van der Waals surface area contributed by atoms with E-state index in [-0.39, 0.29) is 12.2 Å². The van der Waals surface area contributed by atoms with Gasteiger partial charge in [-0.1, -0.05) is 24.3 Å². The molecule has 28 heavy (non-hydrogen) atoms. The van der Waals surface area contributed by atoms with E-state index in [0.717, 1.165) is 26.6 Å². The van der Waals surface area contributed by atoms with Crippen LogP contribution < -0.4 is 4.72 Å². The first-order valence-electron chi connectivity index (χ1n) is 8.65. The molecule has 8 heteroatoms. The molecule has 2 aromatic heterocycles. The minimum absolute atomic E-state index is 0.0577. The van der Waals surface area contributed by atoms with E-state index in [9.17, 15) is 18.3 Å². The number of H-pyrrole nitrogens is 1. The van der Waals surface area contributed by atoms with Crippen LogP contribution in [0.2, 0.25) is 0 Å². The maximum Gasteiger partial charge on any atom is 0.322 e. The first-order chi connectivity index (χ1) is 13.4. The molecule has 0 saturated heterocycles. The number of carboxylic acid groups (broad SMARTS) is 1. The molecule has 0 amide bonds. The highest BCUT2D eigenvalue weighted by molar-refractivity contribution is 7.88. The molecule has 0 spiro atoms. The van der Waals surface area contributed by atoms with E-state index >= 15 is 0 Å². The molecule has 6 nitrogen and oxygen atoms in total. The highest BCUT2D eigenvalue weighted by Gasteiger charge is 2.25. The third-order valence-corrected chi connectivity index (χ3v) is 6.85. The van der Waals surface area contributed by atoms with E-state index in [1.165, 1.54) is 0 Å². The number of aromatic amines is 1. The number of carboxylic acids is 1. The molecular weight excluding hydrogens is 396 g/mol. The summed E-state index contributed by atoms with van der Waals surface area (Å²) < 4.78 is 28.6. The molecule has 4 aromatic rings. The van der Waals surface area contributed by atoms with E-state index in [2.05, 4.69) is 9.71 Å². The van der Waals surface area contributed by atoms with Crippen LogP contribution in [0.15, 0.2) is 60.1 Å². The van der Waals surface area contributed by atoms with Gasteiger partial charge in [-0.05, 0) is 46.2 Å². The Kier molecular flexibility index (Phi) is 4.92. The summed E-state index contributed by atoms with van der Waals surface area (Å²) in [5, 5.41) is 13.4. The van der Waals surface area contributed by atoms with Crippen molar-refractivity contribution in [1.82, 2.24) is 9.71 Å². The number of sulfonamides is 1. The fraction of sp³-hybridized carbons (Fsp3) is 0.150. The molecule has 4 rings (SSSR count). The number of thiophene rings is 1. The second kappa shape index (κ2) is 7.38. The number of rotatable bonds is 7. The third kappa shape index (κ3) is 3.94. The molecule has 0 aliphatic heterocycles. The Hall–Kier alpha value is -2.68. The summed E-state index contributed by atoms with van der Waals surface area (Å²) in [4.78, 5) is 14.8. The Bertz CT molecular complexity index is 1260. The van der Waals surface area contributed by atoms with Crippen molar-refractivity contribution in [2.45, 2.75) is 18.2 Å². The van der Waals surface area contributed by atoms with Gasteiger partial charge in [0.05, 0.1) is 5.75 Å². The van der Waals surface area contributed by atoms with Crippen molar-refractivity contribution in [2.75, 3.05) is 0 Å². The maximum absolute atomic E-state index is 12.6. The van der Waals surface area contributed by atoms with Crippen LogP contribution in [0.5, 0.6) is 0 Å². The third-order valence-electron chi connectivity index (χ3n) is 4.59. The van der Waals surface area contributed by atoms with Crippen molar-refractivity contribution in [3.8, 4) is 0 Å². The van der Waals surface area contributed by atoms with Crippen molar-refractivity contribution < 1.29 is 18.3 Å². The highest BCUT2D eigenvalue weighted by Crippen LogP contribution is 2.23. The first kappa shape index (κ1) is 18.7. The largest absolute Gasteiger partial charge is 0.480 e. The molecule has 2 aromatic carbocycles. The van der Waals surface area contributed by atoms with Crippen LogP contribution in [0.4, 0.5) is 0 Å². The van der Waals surface area contributed by atoms with Gasteiger partial charge >= 0.3 is 5.97 Å². The number of nitrogens with one attached hydrogen (secondary N) is 2. The van der Waals surface area contributed by atoms with Crippen LogP contribution in [0.1, 0.15) is 11.1 Å². The zero-order valence-corrected chi connectivity index (χ0v) is 16.4. The first-order valence-corrected chi connectivity index (χ1v) is 11.2. The highest BCUT2D eigenvalue weighted by atomic mass is 32.2. The van der Waals surface area contributed by atoms with Crippen molar-refractivity contribution in [3.05, 3.63) is 71.2 Å². The zero-order chi connectivity index (χ0) is 19.7. The van der Waals surface area contributed by atoms with Crippen LogP contribution in [0.25, 0.3) is 21.0 Å². The number of fused-ring (bicyclic) bond motifs is 2. The molecule has 0 saturated carbocycles. The fourth-order valence-corrected chi connectivity index (χ4v) is 5.37. The van der Waals surface area contributed by atoms with Gasteiger partial charge in [-0.15, -0.1) is 11.3 Å². The van der Waals surface area contributed by atoms with E-state index in [1.807, 2.05) is 47.8 Å². The number of carbonyl (C=O) groups is 1. The standard InChI is InChI=1S/C20H18N2O4S2/c23-20(24)18(10-15-11-21-17-4-2-1-3-16(15)17)22-28(25,26)12-13-5-6-19-14(9-13)7-8-27-19/h1-9,11,18,21-22H,10,12H2,(H,23,24)/t18-/m1/s1. The summed E-state index contributed by atoms with van der Waals surface area (Å²) in [6.07, 6.45) is 1.78. The molecule has 0 unspecified atom stereocenters. The normalized spacial score (nSPS) is 13.1. The predicted molar refractivity (Wildman–Crippen MR) is 111 cm³/mol. The number of hydrogen-bond donors (Lipinski definition) is 3. The summed E-state index contributed by atoms with van der Waals surface area (Å²) >= 11 is 1.59. The Balaban J connectivity index is 1.53. The molecule has 144 valence electrons. The number of benzene rings is 2. The van der Waals surface area contributed by atoms with Gasteiger partial charge in [0.15, 0.2) is 0 Å². The molecule has 0 aliphatic carbocycles. The summed E-state index contributed by atoms with van der Waals surface area (Å²) in [7, 11) is -3.82. The Morgan fingerprint density at radius 1 is 1.18 bits per heavy atom. The van der Waals surface area contributed by atoms with Crippen molar-refractivity contribution in [2.24, 2.45) is 0 Å². The van der Waals surface area contributed by atoms with Gasteiger partial charge in [0.25, 0.3) is 0 Å². The molecule has 0 radical (unpaired) electrons. The molecule has 1 atom stereocenters. The maximum atomic E-state index is 12.6. The second-order valence-electron chi connectivity index (χ2n) is 6.62. The lowest BCUT2D eigenvalue weighted by atomic mass is 10.1. The molecule has 2 heterocycles.